The summed E-state index contributed by atoms with van der Waals surface area (Å²) >= 11 is 6.33. The maximum Gasteiger partial charge on any atom is 0.235 e. The lowest BCUT2D eigenvalue weighted by atomic mass is 9.61. The summed E-state index contributed by atoms with van der Waals surface area (Å²) in [5.74, 6) is -4.33. The van der Waals surface area contributed by atoms with Crippen LogP contribution >= 0.6 is 11.6 Å². The van der Waals surface area contributed by atoms with Gasteiger partial charge in [0.25, 0.3) is 0 Å². The number of carbonyl (C=O) groups excluding carboxylic acids is 3. The standard InChI is InChI=1S/C39H41ClN2O6/c1-22-11-13-24(3)29(17-22)41-37(44)35-31(43)20-39(5,46)36(38(45)42-30-18-23(2)12-14-25(30)4)34(35)26-15-16-32(33(19-26)47-6)48-21-27-9-7-8-10-28(27)40/h7-19,34-36,46H,20-21H2,1-6H3,(H,41,44)(H,42,45). The van der Waals surface area contributed by atoms with Crippen molar-refractivity contribution in [2.75, 3.05) is 17.7 Å². The first kappa shape index (κ1) is 34.7. The van der Waals surface area contributed by atoms with E-state index in [9.17, 15) is 19.5 Å². The number of rotatable bonds is 9. The molecule has 0 saturated heterocycles. The second-order valence-corrected chi connectivity index (χ2v) is 13.3. The van der Waals surface area contributed by atoms with Gasteiger partial charge in [0.05, 0.1) is 18.6 Å². The fourth-order valence-electron chi connectivity index (χ4n) is 6.44. The van der Waals surface area contributed by atoms with Crippen molar-refractivity contribution < 1.29 is 29.0 Å². The summed E-state index contributed by atoms with van der Waals surface area (Å²) < 4.78 is 11.8. The molecule has 9 heteroatoms. The summed E-state index contributed by atoms with van der Waals surface area (Å²) in [5, 5.41) is 18.3. The number of Topliss-reactive ketones (excluding diaryl/α,β-unsaturated/α-hetero) is 1. The fourth-order valence-corrected chi connectivity index (χ4v) is 6.63. The molecule has 5 rings (SSSR count). The van der Waals surface area contributed by atoms with Crippen molar-refractivity contribution in [2.45, 2.75) is 59.2 Å². The Morgan fingerprint density at radius 2 is 1.46 bits per heavy atom. The number of ketones is 1. The average molecular weight is 669 g/mol. The number of hydrogen-bond donors (Lipinski definition) is 3. The Morgan fingerprint density at radius 3 is 2.06 bits per heavy atom. The van der Waals surface area contributed by atoms with Gasteiger partial charge in [0.1, 0.15) is 18.3 Å². The second-order valence-electron chi connectivity index (χ2n) is 12.9. The molecule has 0 aliphatic heterocycles. The molecule has 0 radical (unpaired) electrons. The van der Waals surface area contributed by atoms with Crippen molar-refractivity contribution in [3.05, 3.63) is 117 Å². The van der Waals surface area contributed by atoms with E-state index >= 15 is 0 Å². The van der Waals surface area contributed by atoms with E-state index < -0.39 is 41.0 Å². The third kappa shape index (κ3) is 7.40. The predicted molar refractivity (Wildman–Crippen MR) is 188 cm³/mol. The van der Waals surface area contributed by atoms with Crippen LogP contribution in [0.2, 0.25) is 5.02 Å². The Labute approximate surface area is 286 Å². The normalized spacial score (nSPS) is 20.6. The Hall–Kier alpha value is -4.66. The highest BCUT2D eigenvalue weighted by atomic mass is 35.5. The first-order chi connectivity index (χ1) is 22.8. The molecule has 4 atom stereocenters. The van der Waals surface area contributed by atoms with Crippen LogP contribution < -0.4 is 20.1 Å². The fraction of sp³-hybridized carbons (Fsp3) is 0.308. The number of halogens is 1. The zero-order valence-corrected chi connectivity index (χ0v) is 28.8. The number of nitrogens with one attached hydrogen (secondary N) is 2. The molecule has 4 aromatic carbocycles. The number of benzene rings is 4. The van der Waals surface area contributed by atoms with Crippen LogP contribution in [0.1, 0.15) is 52.6 Å². The first-order valence-corrected chi connectivity index (χ1v) is 16.2. The quantitative estimate of drug-likeness (QED) is 0.159. The summed E-state index contributed by atoms with van der Waals surface area (Å²) in [6, 6.07) is 23.7. The van der Waals surface area contributed by atoms with Crippen LogP contribution in [0.3, 0.4) is 0 Å². The van der Waals surface area contributed by atoms with Crippen LogP contribution in [-0.4, -0.2) is 35.4 Å². The number of amides is 2. The number of aliphatic hydroxyl groups is 1. The Morgan fingerprint density at radius 1 is 0.854 bits per heavy atom. The van der Waals surface area contributed by atoms with E-state index in [1.807, 2.05) is 82.3 Å². The lowest BCUT2D eigenvalue weighted by molar-refractivity contribution is -0.150. The van der Waals surface area contributed by atoms with Gasteiger partial charge in [-0.25, -0.2) is 0 Å². The van der Waals surface area contributed by atoms with E-state index in [2.05, 4.69) is 10.6 Å². The van der Waals surface area contributed by atoms with Crippen LogP contribution in [0.25, 0.3) is 0 Å². The van der Waals surface area contributed by atoms with Crippen molar-refractivity contribution in [1.29, 1.82) is 0 Å². The van der Waals surface area contributed by atoms with Gasteiger partial charge in [0.2, 0.25) is 11.8 Å². The third-order valence-corrected chi connectivity index (χ3v) is 9.42. The molecule has 0 bridgehead atoms. The minimum Gasteiger partial charge on any atom is -0.493 e. The highest BCUT2D eigenvalue weighted by Crippen LogP contribution is 2.48. The topological polar surface area (TPSA) is 114 Å². The molecule has 0 aromatic heterocycles. The summed E-state index contributed by atoms with van der Waals surface area (Å²) in [7, 11) is 1.49. The van der Waals surface area contributed by atoms with Gasteiger partial charge in [0.15, 0.2) is 11.5 Å². The molecule has 4 unspecified atom stereocenters. The number of carbonyl (C=O) groups is 3. The molecule has 48 heavy (non-hydrogen) atoms. The molecule has 8 nitrogen and oxygen atoms in total. The monoisotopic (exact) mass is 668 g/mol. The number of anilines is 2. The molecule has 0 spiro atoms. The van der Waals surface area contributed by atoms with Crippen molar-refractivity contribution in [3.63, 3.8) is 0 Å². The Balaban J connectivity index is 1.58. The van der Waals surface area contributed by atoms with Crippen molar-refractivity contribution in [1.82, 2.24) is 0 Å². The minimum absolute atomic E-state index is 0.174. The largest absolute Gasteiger partial charge is 0.493 e. The molecule has 1 aliphatic carbocycles. The molecule has 1 saturated carbocycles. The van der Waals surface area contributed by atoms with Crippen molar-refractivity contribution >= 4 is 40.6 Å². The molecular formula is C39H41ClN2O6. The van der Waals surface area contributed by atoms with E-state index in [-0.39, 0.29) is 13.0 Å². The SMILES string of the molecule is COc1cc(C2C(C(=O)Nc3cc(C)ccc3C)C(=O)CC(C)(O)C2C(=O)Nc2cc(C)ccc2C)ccc1OCc1ccccc1Cl. The van der Waals surface area contributed by atoms with Gasteiger partial charge in [-0.15, -0.1) is 0 Å². The van der Waals surface area contributed by atoms with Gasteiger partial charge in [0, 0.05) is 34.3 Å². The number of hydrogen-bond acceptors (Lipinski definition) is 6. The molecule has 0 heterocycles. The van der Waals surface area contributed by atoms with Gasteiger partial charge < -0.3 is 25.2 Å². The zero-order valence-electron chi connectivity index (χ0n) is 28.0. The first-order valence-electron chi connectivity index (χ1n) is 15.8. The Bertz CT molecular complexity index is 1870. The zero-order chi connectivity index (χ0) is 34.7. The smallest absolute Gasteiger partial charge is 0.235 e. The summed E-state index contributed by atoms with van der Waals surface area (Å²) in [5.41, 5.74) is 4.18. The van der Waals surface area contributed by atoms with Crippen molar-refractivity contribution in [3.8, 4) is 11.5 Å². The van der Waals surface area contributed by atoms with Gasteiger partial charge in [-0.05, 0) is 92.8 Å². The molecule has 2 amide bonds. The van der Waals surface area contributed by atoms with Crippen LogP contribution in [-0.2, 0) is 21.0 Å². The second kappa shape index (κ2) is 14.2. The van der Waals surface area contributed by atoms with E-state index in [1.165, 1.54) is 14.0 Å². The van der Waals surface area contributed by atoms with Gasteiger partial charge in [-0.2, -0.15) is 0 Å². The summed E-state index contributed by atoms with van der Waals surface area (Å²) in [4.78, 5) is 42.3. The number of ether oxygens (including phenoxy) is 2. The number of methoxy groups -OCH3 is 1. The Kier molecular flexibility index (Phi) is 10.3. The number of aryl methyl sites for hydroxylation is 4. The van der Waals surface area contributed by atoms with E-state index in [1.54, 1.807) is 24.3 Å². The summed E-state index contributed by atoms with van der Waals surface area (Å²) in [6.45, 7) is 9.23. The van der Waals surface area contributed by atoms with E-state index in [0.717, 1.165) is 27.8 Å². The molecule has 250 valence electrons. The van der Waals surface area contributed by atoms with Crippen LogP contribution in [0.5, 0.6) is 11.5 Å². The minimum atomic E-state index is -1.77. The van der Waals surface area contributed by atoms with Crippen molar-refractivity contribution in [2.24, 2.45) is 11.8 Å². The third-order valence-electron chi connectivity index (χ3n) is 9.05. The van der Waals surface area contributed by atoms with E-state index in [4.69, 9.17) is 21.1 Å². The summed E-state index contributed by atoms with van der Waals surface area (Å²) in [6.07, 6.45) is -0.380. The van der Waals surface area contributed by atoms with Gasteiger partial charge in [-0.3, -0.25) is 14.4 Å². The highest BCUT2D eigenvalue weighted by Gasteiger charge is 2.56. The molecule has 3 N–H and O–H groups in total. The predicted octanol–water partition coefficient (Wildman–Crippen LogP) is 7.48. The van der Waals surface area contributed by atoms with Gasteiger partial charge in [-0.1, -0.05) is 60.1 Å². The lowest BCUT2D eigenvalue weighted by Crippen LogP contribution is -2.56. The molecular weight excluding hydrogens is 628 g/mol. The van der Waals surface area contributed by atoms with Crippen LogP contribution in [0, 0.1) is 39.5 Å². The average Bonchev–Trinajstić information content (AvgIpc) is 3.03. The maximum atomic E-state index is 14.3. The van der Waals surface area contributed by atoms with Crippen LogP contribution in [0.15, 0.2) is 78.9 Å². The van der Waals surface area contributed by atoms with Crippen LogP contribution in [0.4, 0.5) is 11.4 Å². The maximum absolute atomic E-state index is 14.3. The van der Waals surface area contributed by atoms with Gasteiger partial charge >= 0.3 is 0 Å². The molecule has 1 aliphatic rings. The lowest BCUT2D eigenvalue weighted by Gasteiger charge is -2.44. The molecule has 1 fully saturated rings. The highest BCUT2D eigenvalue weighted by molar-refractivity contribution is 6.31. The van der Waals surface area contributed by atoms with E-state index in [0.29, 0.717) is 33.5 Å². The molecule has 4 aromatic rings.